The largest absolute Gasteiger partial charge is 0.516 e. The Morgan fingerprint density at radius 3 is 3.00 bits per heavy atom. The summed E-state index contributed by atoms with van der Waals surface area (Å²) in [7, 11) is 0. The number of rotatable bonds is 2. The van der Waals surface area contributed by atoms with Crippen molar-refractivity contribution < 1.29 is 5.11 Å². The maximum atomic E-state index is 8.40. The van der Waals surface area contributed by atoms with E-state index in [1.165, 1.54) is 17.3 Å². The van der Waals surface area contributed by atoms with Gasteiger partial charge in [-0.25, -0.2) is 0 Å². The average molecular weight is 176 g/mol. The Balaban J connectivity index is 2.13. The third-order valence-electron chi connectivity index (χ3n) is 1.39. The van der Waals surface area contributed by atoms with E-state index in [4.69, 9.17) is 5.11 Å². The molecular formula is C7H12OS2. The normalized spacial score (nSPS) is 27.4. The number of thioether (sulfide) groups is 2. The van der Waals surface area contributed by atoms with Gasteiger partial charge in [-0.2, -0.15) is 23.5 Å². The summed E-state index contributed by atoms with van der Waals surface area (Å²) >= 11 is 4.04. The standard InChI is InChI=1S/C7H12OS2/c8-3-1-2-7-6-9-4-5-10-7/h1,3,7-8H,2,4-6H2. The molecule has 1 rings (SSSR count). The number of aliphatic hydroxyl groups is 1. The van der Waals surface area contributed by atoms with Crippen LogP contribution in [0.15, 0.2) is 12.3 Å². The van der Waals surface area contributed by atoms with Crippen molar-refractivity contribution in [2.24, 2.45) is 0 Å². The van der Waals surface area contributed by atoms with Gasteiger partial charge in [-0.05, 0) is 12.5 Å². The molecule has 3 heteroatoms. The Morgan fingerprint density at radius 2 is 2.40 bits per heavy atom. The molecule has 0 aromatic carbocycles. The molecule has 1 saturated heterocycles. The van der Waals surface area contributed by atoms with E-state index >= 15 is 0 Å². The highest BCUT2D eigenvalue weighted by molar-refractivity contribution is 8.06. The smallest absolute Gasteiger partial charge is 0.0752 e. The molecule has 1 fully saturated rings. The van der Waals surface area contributed by atoms with Crippen molar-refractivity contribution in [1.82, 2.24) is 0 Å². The van der Waals surface area contributed by atoms with Crippen molar-refractivity contribution in [2.75, 3.05) is 17.3 Å². The maximum absolute atomic E-state index is 8.40. The molecule has 0 amide bonds. The first-order valence-electron chi connectivity index (χ1n) is 3.42. The fourth-order valence-corrected chi connectivity index (χ4v) is 3.56. The van der Waals surface area contributed by atoms with E-state index in [1.54, 1.807) is 0 Å². The SMILES string of the molecule is OC=CCC1CSCCS1. The fraction of sp³-hybridized carbons (Fsp3) is 0.714. The third-order valence-corrected chi connectivity index (χ3v) is 4.26. The van der Waals surface area contributed by atoms with Gasteiger partial charge in [-0.3, -0.25) is 0 Å². The van der Waals surface area contributed by atoms with Crippen LogP contribution in [0, 0.1) is 0 Å². The molecule has 0 spiro atoms. The lowest BCUT2D eigenvalue weighted by Crippen LogP contribution is -2.12. The Morgan fingerprint density at radius 1 is 1.50 bits per heavy atom. The molecule has 0 saturated carbocycles. The van der Waals surface area contributed by atoms with Gasteiger partial charge in [0.1, 0.15) is 0 Å². The first-order valence-corrected chi connectivity index (χ1v) is 5.62. The predicted molar refractivity (Wildman–Crippen MR) is 50.0 cm³/mol. The second kappa shape index (κ2) is 4.97. The Bertz CT molecular complexity index is 108. The molecule has 1 aliphatic heterocycles. The fourth-order valence-electron chi connectivity index (χ4n) is 0.885. The zero-order valence-corrected chi connectivity index (χ0v) is 7.46. The summed E-state index contributed by atoms with van der Waals surface area (Å²) in [4.78, 5) is 0. The number of hydrogen-bond donors (Lipinski definition) is 1. The molecule has 1 N–H and O–H groups in total. The van der Waals surface area contributed by atoms with Crippen molar-refractivity contribution in [2.45, 2.75) is 11.7 Å². The van der Waals surface area contributed by atoms with Crippen LogP contribution in [0.2, 0.25) is 0 Å². The van der Waals surface area contributed by atoms with Crippen molar-refractivity contribution in [3.63, 3.8) is 0 Å². The van der Waals surface area contributed by atoms with Gasteiger partial charge in [0.15, 0.2) is 0 Å². The van der Waals surface area contributed by atoms with Gasteiger partial charge < -0.3 is 5.11 Å². The molecule has 0 bridgehead atoms. The Labute approximate surface area is 70.3 Å². The highest BCUT2D eigenvalue weighted by atomic mass is 32.2. The molecule has 0 aromatic rings. The van der Waals surface area contributed by atoms with Gasteiger partial charge in [0.25, 0.3) is 0 Å². The monoisotopic (exact) mass is 176 g/mol. The zero-order chi connectivity index (χ0) is 7.23. The lowest BCUT2D eigenvalue weighted by Gasteiger charge is -2.18. The van der Waals surface area contributed by atoms with Crippen LogP contribution < -0.4 is 0 Å². The highest BCUT2D eigenvalue weighted by Gasteiger charge is 2.11. The number of aliphatic hydroxyl groups excluding tert-OH is 1. The molecule has 1 unspecified atom stereocenters. The maximum Gasteiger partial charge on any atom is 0.0752 e. The van der Waals surface area contributed by atoms with Gasteiger partial charge in [0, 0.05) is 22.5 Å². The summed E-state index contributed by atoms with van der Waals surface area (Å²) < 4.78 is 0. The first kappa shape index (κ1) is 8.34. The lowest BCUT2D eigenvalue weighted by molar-refractivity contribution is 0.470. The van der Waals surface area contributed by atoms with E-state index in [2.05, 4.69) is 0 Å². The minimum absolute atomic E-state index is 0.738. The minimum Gasteiger partial charge on any atom is -0.516 e. The van der Waals surface area contributed by atoms with Crippen molar-refractivity contribution in [3.8, 4) is 0 Å². The molecule has 10 heavy (non-hydrogen) atoms. The summed E-state index contributed by atoms with van der Waals surface area (Å²) in [5, 5.41) is 9.14. The molecule has 58 valence electrons. The minimum atomic E-state index is 0.738. The molecule has 0 radical (unpaired) electrons. The molecule has 1 nitrogen and oxygen atoms in total. The molecule has 1 aliphatic rings. The second-order valence-corrected chi connectivity index (χ2v) is 4.75. The predicted octanol–water partition coefficient (Wildman–Crippen LogP) is 2.30. The van der Waals surface area contributed by atoms with E-state index in [0.717, 1.165) is 17.9 Å². The summed E-state index contributed by atoms with van der Waals surface area (Å²) in [6.45, 7) is 0. The van der Waals surface area contributed by atoms with Crippen molar-refractivity contribution in [1.29, 1.82) is 0 Å². The number of hydrogen-bond acceptors (Lipinski definition) is 3. The second-order valence-electron chi connectivity index (χ2n) is 2.19. The third kappa shape index (κ3) is 2.88. The van der Waals surface area contributed by atoms with E-state index in [-0.39, 0.29) is 0 Å². The molecule has 0 aliphatic carbocycles. The van der Waals surface area contributed by atoms with E-state index in [9.17, 15) is 0 Å². The van der Waals surface area contributed by atoms with Crippen LogP contribution in [-0.4, -0.2) is 27.6 Å². The quantitative estimate of drug-likeness (QED) is 0.652. The topological polar surface area (TPSA) is 20.2 Å². The Kier molecular flexibility index (Phi) is 4.14. The van der Waals surface area contributed by atoms with Crippen LogP contribution >= 0.6 is 23.5 Å². The highest BCUT2D eigenvalue weighted by Crippen LogP contribution is 2.26. The molecular weight excluding hydrogens is 164 g/mol. The van der Waals surface area contributed by atoms with Gasteiger partial charge >= 0.3 is 0 Å². The molecule has 1 atom stereocenters. The first-order chi connectivity index (χ1) is 4.93. The van der Waals surface area contributed by atoms with Crippen LogP contribution in [0.3, 0.4) is 0 Å². The molecule has 1 heterocycles. The lowest BCUT2D eigenvalue weighted by atomic mass is 10.3. The van der Waals surface area contributed by atoms with E-state index in [1.807, 2.05) is 29.6 Å². The average Bonchev–Trinajstić information content (AvgIpc) is 2.03. The van der Waals surface area contributed by atoms with Crippen LogP contribution in [0.5, 0.6) is 0 Å². The molecule has 0 aromatic heterocycles. The summed E-state index contributed by atoms with van der Waals surface area (Å²) in [5.74, 6) is 3.81. The summed E-state index contributed by atoms with van der Waals surface area (Å²) in [5.41, 5.74) is 0. The van der Waals surface area contributed by atoms with Crippen LogP contribution in [0.1, 0.15) is 6.42 Å². The number of allylic oxidation sites excluding steroid dienone is 1. The summed E-state index contributed by atoms with van der Waals surface area (Å²) in [6, 6.07) is 0. The Hall–Kier alpha value is 0.240. The van der Waals surface area contributed by atoms with E-state index < -0.39 is 0 Å². The zero-order valence-electron chi connectivity index (χ0n) is 5.82. The van der Waals surface area contributed by atoms with Crippen molar-refractivity contribution in [3.05, 3.63) is 12.3 Å². The van der Waals surface area contributed by atoms with Crippen LogP contribution in [0.4, 0.5) is 0 Å². The van der Waals surface area contributed by atoms with E-state index in [0.29, 0.717) is 0 Å². The van der Waals surface area contributed by atoms with Crippen LogP contribution in [-0.2, 0) is 0 Å². The van der Waals surface area contributed by atoms with Crippen LogP contribution in [0.25, 0.3) is 0 Å². The van der Waals surface area contributed by atoms with Gasteiger partial charge in [-0.15, -0.1) is 0 Å². The van der Waals surface area contributed by atoms with Gasteiger partial charge in [0.05, 0.1) is 6.26 Å². The van der Waals surface area contributed by atoms with Gasteiger partial charge in [-0.1, -0.05) is 0 Å². The summed E-state index contributed by atoms with van der Waals surface area (Å²) in [6.07, 6.45) is 4.01. The van der Waals surface area contributed by atoms with Crippen molar-refractivity contribution >= 4 is 23.5 Å². The van der Waals surface area contributed by atoms with Gasteiger partial charge in [0.2, 0.25) is 0 Å².